The van der Waals surface area contributed by atoms with E-state index in [4.69, 9.17) is 4.74 Å². The van der Waals surface area contributed by atoms with Gasteiger partial charge in [0.1, 0.15) is 12.4 Å². The maximum absolute atomic E-state index is 11.1. The van der Waals surface area contributed by atoms with Crippen molar-refractivity contribution in [2.75, 3.05) is 18.5 Å². The van der Waals surface area contributed by atoms with Crippen LogP contribution in [0.2, 0.25) is 0 Å². The van der Waals surface area contributed by atoms with Crippen LogP contribution in [-0.2, 0) is 22.4 Å². The van der Waals surface area contributed by atoms with E-state index in [9.17, 15) is 4.79 Å². The van der Waals surface area contributed by atoms with Crippen molar-refractivity contribution in [3.63, 3.8) is 0 Å². The molecule has 0 fully saturated rings. The highest BCUT2D eigenvalue weighted by atomic mass is 16.5. The molecule has 1 aromatic heterocycles. The number of rotatable bonds is 4. The minimum Gasteiger partial charge on any atom is -0.465 e. The average Bonchev–Trinajstić information content (AvgIpc) is 2.74. The van der Waals surface area contributed by atoms with Gasteiger partial charge >= 0.3 is 5.97 Å². The summed E-state index contributed by atoms with van der Waals surface area (Å²) in [6.07, 6.45) is 3.36. The lowest BCUT2D eigenvalue weighted by Gasteiger charge is -2.06. The molecule has 1 aliphatic rings. The van der Waals surface area contributed by atoms with E-state index in [1.807, 2.05) is 6.07 Å². The van der Waals surface area contributed by atoms with E-state index in [-0.39, 0.29) is 12.5 Å². The Morgan fingerprint density at radius 3 is 3.19 bits per heavy atom. The van der Waals surface area contributed by atoms with Crippen LogP contribution in [0.15, 0.2) is 12.1 Å². The minimum atomic E-state index is -0.246. The minimum absolute atomic E-state index is 0.180. The molecule has 0 unspecified atom stereocenters. The van der Waals surface area contributed by atoms with Crippen molar-refractivity contribution >= 4 is 11.8 Å². The summed E-state index contributed by atoms with van der Waals surface area (Å²) in [5.74, 6) is 0.513. The number of carbonyl (C=O) groups excluding carboxylic acids is 1. The van der Waals surface area contributed by atoms with Gasteiger partial charge < -0.3 is 10.1 Å². The molecule has 1 aliphatic carbocycles. The second-order valence-corrected chi connectivity index (χ2v) is 3.81. The SMILES string of the molecule is CCOC(=O)CNc1ccc2c(n1)CCC2. The number of pyridine rings is 1. The van der Waals surface area contributed by atoms with Gasteiger partial charge in [0.05, 0.1) is 6.61 Å². The molecule has 0 spiro atoms. The van der Waals surface area contributed by atoms with Crippen molar-refractivity contribution < 1.29 is 9.53 Å². The largest absolute Gasteiger partial charge is 0.465 e. The molecule has 1 aromatic rings. The highest BCUT2D eigenvalue weighted by molar-refractivity contribution is 5.74. The second kappa shape index (κ2) is 4.96. The lowest BCUT2D eigenvalue weighted by atomic mass is 10.2. The van der Waals surface area contributed by atoms with Crippen molar-refractivity contribution in [3.05, 3.63) is 23.4 Å². The Labute approximate surface area is 95.0 Å². The summed E-state index contributed by atoms with van der Waals surface area (Å²) in [6, 6.07) is 4.01. The molecule has 4 nitrogen and oxygen atoms in total. The predicted octanol–water partition coefficient (Wildman–Crippen LogP) is 1.55. The maximum atomic E-state index is 11.1. The van der Waals surface area contributed by atoms with Crippen molar-refractivity contribution in [3.8, 4) is 0 Å². The molecule has 0 aromatic carbocycles. The number of nitrogens with one attached hydrogen (secondary N) is 1. The van der Waals surface area contributed by atoms with Crippen molar-refractivity contribution in [1.82, 2.24) is 4.98 Å². The Morgan fingerprint density at radius 1 is 1.50 bits per heavy atom. The summed E-state index contributed by atoms with van der Waals surface area (Å²) in [6.45, 7) is 2.39. The standard InChI is InChI=1S/C12H16N2O2/c1-2-16-12(15)8-13-11-7-6-9-4-3-5-10(9)14-11/h6-7H,2-5,8H2,1H3,(H,13,14). The molecule has 0 aliphatic heterocycles. The lowest BCUT2D eigenvalue weighted by Crippen LogP contribution is -2.17. The molecule has 0 bridgehead atoms. The highest BCUT2D eigenvalue weighted by Crippen LogP contribution is 2.21. The van der Waals surface area contributed by atoms with Crippen LogP contribution in [0.1, 0.15) is 24.6 Å². The Hall–Kier alpha value is -1.58. The quantitative estimate of drug-likeness (QED) is 0.782. The van der Waals surface area contributed by atoms with Gasteiger partial charge in [-0.1, -0.05) is 6.07 Å². The second-order valence-electron chi connectivity index (χ2n) is 3.81. The summed E-state index contributed by atoms with van der Waals surface area (Å²) in [5.41, 5.74) is 2.50. The van der Waals surface area contributed by atoms with Gasteiger partial charge in [-0.3, -0.25) is 4.79 Å². The molecule has 2 rings (SSSR count). The molecule has 1 heterocycles. The van der Waals surface area contributed by atoms with Gasteiger partial charge in [0, 0.05) is 5.69 Å². The molecule has 4 heteroatoms. The molecule has 0 atom stereocenters. The molecule has 1 N–H and O–H groups in total. The number of nitrogens with zero attached hydrogens (tertiary/aromatic N) is 1. The molecular formula is C12H16N2O2. The van der Waals surface area contributed by atoms with E-state index in [0.717, 1.165) is 24.4 Å². The van der Waals surface area contributed by atoms with Crippen LogP contribution in [0, 0.1) is 0 Å². The van der Waals surface area contributed by atoms with Crippen LogP contribution in [0.5, 0.6) is 0 Å². The molecule has 16 heavy (non-hydrogen) atoms. The predicted molar refractivity (Wildman–Crippen MR) is 61.4 cm³/mol. The number of fused-ring (bicyclic) bond motifs is 1. The monoisotopic (exact) mass is 220 g/mol. The van der Waals surface area contributed by atoms with Gasteiger partial charge in [-0.05, 0) is 37.8 Å². The number of carbonyl (C=O) groups is 1. The summed E-state index contributed by atoms with van der Waals surface area (Å²) in [4.78, 5) is 15.6. The topological polar surface area (TPSA) is 51.2 Å². The van der Waals surface area contributed by atoms with E-state index in [2.05, 4.69) is 16.4 Å². The Balaban J connectivity index is 1.93. The number of anilines is 1. The van der Waals surface area contributed by atoms with Gasteiger partial charge in [0.25, 0.3) is 0 Å². The molecule has 0 amide bonds. The van der Waals surface area contributed by atoms with Crippen LogP contribution in [0.3, 0.4) is 0 Å². The smallest absolute Gasteiger partial charge is 0.325 e. The van der Waals surface area contributed by atoms with Gasteiger partial charge in [-0.25, -0.2) is 4.98 Å². The first-order chi connectivity index (χ1) is 7.79. The number of hydrogen-bond donors (Lipinski definition) is 1. The van der Waals surface area contributed by atoms with Crippen LogP contribution in [0.25, 0.3) is 0 Å². The molecular weight excluding hydrogens is 204 g/mol. The summed E-state index contributed by atoms with van der Waals surface area (Å²) in [5, 5.41) is 2.97. The van der Waals surface area contributed by atoms with Crippen LogP contribution >= 0.6 is 0 Å². The van der Waals surface area contributed by atoms with E-state index in [0.29, 0.717) is 6.61 Å². The van der Waals surface area contributed by atoms with E-state index in [1.165, 1.54) is 12.0 Å². The van der Waals surface area contributed by atoms with Crippen LogP contribution in [-0.4, -0.2) is 24.1 Å². The Morgan fingerprint density at radius 2 is 2.38 bits per heavy atom. The fraction of sp³-hybridized carbons (Fsp3) is 0.500. The molecule has 0 saturated carbocycles. The molecule has 86 valence electrons. The number of esters is 1. The first-order valence-electron chi connectivity index (χ1n) is 5.68. The highest BCUT2D eigenvalue weighted by Gasteiger charge is 2.12. The van der Waals surface area contributed by atoms with Crippen molar-refractivity contribution in [1.29, 1.82) is 0 Å². The normalized spacial score (nSPS) is 13.3. The van der Waals surface area contributed by atoms with Crippen molar-refractivity contribution in [2.24, 2.45) is 0 Å². The van der Waals surface area contributed by atoms with Crippen molar-refractivity contribution in [2.45, 2.75) is 26.2 Å². The first kappa shape index (κ1) is 10.9. The average molecular weight is 220 g/mol. The van der Waals surface area contributed by atoms with Gasteiger partial charge in [-0.2, -0.15) is 0 Å². The van der Waals surface area contributed by atoms with Crippen LogP contribution < -0.4 is 5.32 Å². The zero-order valence-electron chi connectivity index (χ0n) is 9.45. The zero-order valence-corrected chi connectivity index (χ0v) is 9.45. The third kappa shape index (κ3) is 2.51. The van der Waals surface area contributed by atoms with Crippen LogP contribution in [0.4, 0.5) is 5.82 Å². The number of aromatic nitrogens is 1. The number of hydrogen-bond acceptors (Lipinski definition) is 4. The van der Waals surface area contributed by atoms with Gasteiger partial charge in [-0.15, -0.1) is 0 Å². The first-order valence-corrected chi connectivity index (χ1v) is 5.68. The Bertz CT molecular complexity index is 391. The van der Waals surface area contributed by atoms with E-state index in [1.54, 1.807) is 6.92 Å². The lowest BCUT2D eigenvalue weighted by molar-refractivity contribution is -0.140. The number of aryl methyl sites for hydroxylation is 2. The fourth-order valence-electron chi connectivity index (χ4n) is 1.89. The summed E-state index contributed by atoms with van der Waals surface area (Å²) >= 11 is 0. The summed E-state index contributed by atoms with van der Waals surface area (Å²) < 4.78 is 4.83. The fourth-order valence-corrected chi connectivity index (χ4v) is 1.89. The third-order valence-corrected chi connectivity index (χ3v) is 2.65. The Kier molecular flexibility index (Phi) is 3.39. The maximum Gasteiger partial charge on any atom is 0.325 e. The number of ether oxygens (including phenoxy) is 1. The van der Waals surface area contributed by atoms with E-state index < -0.39 is 0 Å². The third-order valence-electron chi connectivity index (χ3n) is 2.65. The summed E-state index contributed by atoms with van der Waals surface area (Å²) in [7, 11) is 0. The van der Waals surface area contributed by atoms with E-state index >= 15 is 0 Å². The van der Waals surface area contributed by atoms with Gasteiger partial charge in [0.15, 0.2) is 0 Å². The molecule has 0 saturated heterocycles. The molecule has 0 radical (unpaired) electrons. The zero-order chi connectivity index (χ0) is 11.4. The van der Waals surface area contributed by atoms with Gasteiger partial charge in [0.2, 0.25) is 0 Å².